The number of nitrogens with one attached hydrogen (secondary N) is 1. The summed E-state index contributed by atoms with van der Waals surface area (Å²) < 4.78 is 40.1. The number of hydrogen-bond donors (Lipinski definition) is 1. The Hall–Kier alpha value is -1.45. The van der Waals surface area contributed by atoms with Gasteiger partial charge in [0.25, 0.3) is 0 Å². The van der Waals surface area contributed by atoms with Crippen molar-refractivity contribution < 1.29 is 13.2 Å². The van der Waals surface area contributed by atoms with E-state index in [1.165, 1.54) is 12.1 Å². The van der Waals surface area contributed by atoms with Crippen LogP contribution in [0.1, 0.15) is 18.9 Å². The van der Waals surface area contributed by atoms with Gasteiger partial charge in [0.1, 0.15) is 0 Å². The van der Waals surface area contributed by atoms with Crippen LogP contribution in [0.4, 0.5) is 24.5 Å². The van der Waals surface area contributed by atoms with E-state index < -0.39 is 11.7 Å². The van der Waals surface area contributed by atoms with Crippen molar-refractivity contribution in [3.05, 3.63) is 48.0 Å². The first-order chi connectivity index (χ1) is 15.5. The molecule has 0 aliphatic carbocycles. The zero-order valence-electron chi connectivity index (χ0n) is 18.9. The van der Waals surface area contributed by atoms with Gasteiger partial charge in [-0.05, 0) is 49.8 Å². The summed E-state index contributed by atoms with van der Waals surface area (Å²) in [6.45, 7) is 11.2. The van der Waals surface area contributed by atoms with Crippen molar-refractivity contribution in [2.45, 2.75) is 29.3 Å². The van der Waals surface area contributed by atoms with Crippen molar-refractivity contribution in [1.82, 2.24) is 15.1 Å². The molecule has 9 heteroatoms. The fourth-order valence-electron chi connectivity index (χ4n) is 4.35. The van der Waals surface area contributed by atoms with Gasteiger partial charge in [0, 0.05) is 55.6 Å². The van der Waals surface area contributed by atoms with Gasteiger partial charge in [-0.2, -0.15) is 13.2 Å². The number of fused-ring (bicyclic) bond motifs is 2. The molecule has 4 nitrogen and oxygen atoms in total. The molecule has 2 aromatic rings. The lowest BCUT2D eigenvalue weighted by Gasteiger charge is -2.36. The molecule has 182 valence electrons. The maximum absolute atomic E-state index is 13.4. The molecule has 0 radical (unpaired) electrons. The van der Waals surface area contributed by atoms with Gasteiger partial charge in [-0.1, -0.05) is 30.8 Å². The summed E-state index contributed by atoms with van der Waals surface area (Å²) in [5.74, 6) is 0. The zero-order chi connectivity index (χ0) is 22.6. The average molecular weight is 501 g/mol. The molecule has 2 aromatic carbocycles. The minimum Gasteiger partial charge on any atom is -0.340 e. The fourth-order valence-corrected chi connectivity index (χ4v) is 5.43. The van der Waals surface area contributed by atoms with Crippen LogP contribution in [-0.4, -0.2) is 68.7 Å². The Balaban J connectivity index is 0.00000306. The molecular formula is C24H32ClF3N4S. The smallest absolute Gasteiger partial charge is 0.340 e. The number of rotatable bonds is 8. The van der Waals surface area contributed by atoms with Crippen LogP contribution < -0.4 is 10.2 Å². The molecular weight excluding hydrogens is 469 g/mol. The maximum Gasteiger partial charge on any atom is 0.416 e. The molecule has 1 fully saturated rings. The molecule has 0 saturated carbocycles. The molecule has 0 atom stereocenters. The largest absolute Gasteiger partial charge is 0.416 e. The first kappa shape index (κ1) is 26.2. The number of likely N-dealkylation sites (N-methyl/N-ethyl adjacent to an activating group) is 1. The predicted molar refractivity (Wildman–Crippen MR) is 132 cm³/mol. The van der Waals surface area contributed by atoms with E-state index in [1.54, 1.807) is 17.8 Å². The van der Waals surface area contributed by atoms with Gasteiger partial charge in [0.2, 0.25) is 0 Å². The monoisotopic (exact) mass is 500 g/mol. The third-order valence-corrected chi connectivity index (χ3v) is 7.26. The number of nitrogens with zero attached hydrogens (tertiary/aromatic N) is 3. The van der Waals surface area contributed by atoms with Crippen molar-refractivity contribution in [3.8, 4) is 0 Å². The first-order valence-corrected chi connectivity index (χ1v) is 12.2. The van der Waals surface area contributed by atoms with E-state index in [-0.39, 0.29) is 12.4 Å². The molecule has 4 rings (SSSR count). The van der Waals surface area contributed by atoms with E-state index in [4.69, 9.17) is 0 Å². The van der Waals surface area contributed by atoms with Crippen LogP contribution in [0.3, 0.4) is 0 Å². The number of benzene rings is 2. The molecule has 0 bridgehead atoms. The van der Waals surface area contributed by atoms with E-state index >= 15 is 0 Å². The van der Waals surface area contributed by atoms with Gasteiger partial charge >= 0.3 is 6.18 Å². The summed E-state index contributed by atoms with van der Waals surface area (Å²) in [7, 11) is 0. The average Bonchev–Trinajstić information content (AvgIpc) is 2.79. The van der Waals surface area contributed by atoms with Crippen molar-refractivity contribution >= 4 is 35.5 Å². The second-order valence-electron chi connectivity index (χ2n) is 8.29. The van der Waals surface area contributed by atoms with Crippen LogP contribution >= 0.6 is 24.2 Å². The predicted octanol–water partition coefficient (Wildman–Crippen LogP) is 5.35. The van der Waals surface area contributed by atoms with Gasteiger partial charge in [-0.3, -0.25) is 4.90 Å². The Kier molecular flexibility index (Phi) is 9.35. The molecule has 2 aliphatic heterocycles. The topological polar surface area (TPSA) is 21.8 Å². The number of hydrogen-bond acceptors (Lipinski definition) is 5. The lowest BCUT2D eigenvalue weighted by atomic mass is 10.1. The number of para-hydroxylation sites is 1. The van der Waals surface area contributed by atoms with Crippen LogP contribution in [-0.2, 0) is 6.18 Å². The summed E-state index contributed by atoms with van der Waals surface area (Å²) in [6, 6.07) is 12.1. The number of alkyl halides is 3. The number of piperazine rings is 1. The second-order valence-corrected chi connectivity index (χ2v) is 9.38. The summed E-state index contributed by atoms with van der Waals surface area (Å²) in [6.07, 6.45) is -3.43. The van der Waals surface area contributed by atoms with Crippen LogP contribution in [0.25, 0.3) is 0 Å². The van der Waals surface area contributed by atoms with E-state index in [2.05, 4.69) is 26.9 Å². The second kappa shape index (κ2) is 11.8. The zero-order valence-corrected chi connectivity index (χ0v) is 20.5. The Morgan fingerprint density at radius 2 is 1.55 bits per heavy atom. The minimum absolute atomic E-state index is 0. The highest BCUT2D eigenvalue weighted by Crippen LogP contribution is 2.49. The molecule has 2 aliphatic rings. The summed E-state index contributed by atoms with van der Waals surface area (Å²) in [5, 5.41) is 3.37. The Morgan fingerprint density at radius 3 is 2.24 bits per heavy atom. The third-order valence-electron chi connectivity index (χ3n) is 6.13. The highest BCUT2D eigenvalue weighted by atomic mass is 35.5. The normalized spacial score (nSPS) is 16.8. The summed E-state index contributed by atoms with van der Waals surface area (Å²) in [4.78, 5) is 9.01. The molecule has 1 saturated heterocycles. The van der Waals surface area contributed by atoms with E-state index in [0.29, 0.717) is 12.2 Å². The van der Waals surface area contributed by atoms with Crippen molar-refractivity contribution in [2.75, 3.05) is 63.8 Å². The van der Waals surface area contributed by atoms with E-state index in [1.807, 2.05) is 24.3 Å². The Bertz CT molecular complexity index is 904. The van der Waals surface area contributed by atoms with Crippen LogP contribution in [0.5, 0.6) is 0 Å². The van der Waals surface area contributed by atoms with Crippen molar-refractivity contribution in [2.24, 2.45) is 0 Å². The molecule has 33 heavy (non-hydrogen) atoms. The standard InChI is InChI=1S/C24H31F3N4S.ClH/c1-2-28-10-13-30-16-14-29(15-17-30)11-5-12-31-20-6-3-4-7-22(20)32-23-9-8-19(18-21(23)31)24(25,26)27;/h3-4,6-9,18,28H,2,5,10-17H2,1H3;1H. The quantitative estimate of drug-likeness (QED) is 0.492. The van der Waals surface area contributed by atoms with Crippen LogP contribution in [0.15, 0.2) is 52.3 Å². The molecule has 0 spiro atoms. The van der Waals surface area contributed by atoms with Gasteiger partial charge in [-0.15, -0.1) is 12.4 Å². The number of anilines is 2. The minimum atomic E-state index is -4.34. The van der Waals surface area contributed by atoms with Gasteiger partial charge in [-0.25, -0.2) is 0 Å². The molecule has 1 N–H and O–H groups in total. The van der Waals surface area contributed by atoms with Crippen molar-refractivity contribution in [3.63, 3.8) is 0 Å². The summed E-state index contributed by atoms with van der Waals surface area (Å²) in [5.41, 5.74) is 1.07. The van der Waals surface area contributed by atoms with Crippen molar-refractivity contribution in [1.29, 1.82) is 0 Å². The lowest BCUT2D eigenvalue weighted by molar-refractivity contribution is -0.137. The van der Waals surface area contributed by atoms with E-state index in [0.717, 1.165) is 74.3 Å². The highest BCUT2D eigenvalue weighted by Gasteiger charge is 2.33. The van der Waals surface area contributed by atoms with Crippen LogP contribution in [0, 0.1) is 0 Å². The molecule has 0 unspecified atom stereocenters. The maximum atomic E-state index is 13.4. The number of halogens is 4. The van der Waals surface area contributed by atoms with E-state index in [9.17, 15) is 13.2 Å². The fraction of sp³-hybridized carbons (Fsp3) is 0.500. The molecule has 2 heterocycles. The van der Waals surface area contributed by atoms with Crippen LogP contribution in [0.2, 0.25) is 0 Å². The summed E-state index contributed by atoms with van der Waals surface area (Å²) >= 11 is 1.55. The molecule has 0 aromatic heterocycles. The first-order valence-electron chi connectivity index (χ1n) is 11.4. The van der Waals surface area contributed by atoms with Gasteiger partial charge in [0.15, 0.2) is 0 Å². The highest BCUT2D eigenvalue weighted by molar-refractivity contribution is 7.99. The van der Waals surface area contributed by atoms with Gasteiger partial charge in [0.05, 0.1) is 16.9 Å². The molecule has 0 amide bonds. The Morgan fingerprint density at radius 1 is 0.879 bits per heavy atom. The third kappa shape index (κ3) is 6.57. The lowest BCUT2D eigenvalue weighted by Crippen LogP contribution is -2.48. The Labute approximate surface area is 204 Å². The SMILES string of the molecule is CCNCCN1CCN(CCCN2c3ccccc3Sc3ccc(C(F)(F)F)cc32)CC1.Cl. The van der Waals surface area contributed by atoms with Gasteiger partial charge < -0.3 is 15.1 Å².